The van der Waals surface area contributed by atoms with Crippen LogP contribution in [0.2, 0.25) is 0 Å². The second kappa shape index (κ2) is 6.86. The van der Waals surface area contributed by atoms with Gasteiger partial charge in [0.15, 0.2) is 0 Å². The predicted octanol–water partition coefficient (Wildman–Crippen LogP) is 1.65. The summed E-state index contributed by atoms with van der Waals surface area (Å²) in [6.07, 6.45) is 2.91. The molecule has 1 aromatic carbocycles. The van der Waals surface area contributed by atoms with E-state index in [-0.39, 0.29) is 24.4 Å². The monoisotopic (exact) mass is 326 g/mol. The lowest BCUT2D eigenvalue weighted by molar-refractivity contribution is -0.121. The molecule has 1 atom stereocenters. The molecule has 0 radical (unpaired) electrons. The van der Waals surface area contributed by atoms with Crippen molar-refractivity contribution in [2.45, 2.75) is 32.2 Å². The SMILES string of the molecule is Cc1nn(C)c2c1C(NC(=O)CNC(=O)c1ccccc1)CCC2. The van der Waals surface area contributed by atoms with E-state index >= 15 is 0 Å². The van der Waals surface area contributed by atoms with Crippen LogP contribution in [0.3, 0.4) is 0 Å². The number of benzene rings is 1. The van der Waals surface area contributed by atoms with E-state index in [0.29, 0.717) is 5.56 Å². The van der Waals surface area contributed by atoms with Crippen molar-refractivity contribution in [1.82, 2.24) is 20.4 Å². The Labute approximate surface area is 141 Å². The van der Waals surface area contributed by atoms with E-state index in [1.54, 1.807) is 24.3 Å². The van der Waals surface area contributed by atoms with Crippen LogP contribution < -0.4 is 10.6 Å². The Morgan fingerprint density at radius 3 is 2.79 bits per heavy atom. The van der Waals surface area contributed by atoms with Crippen LogP contribution in [-0.2, 0) is 18.3 Å². The highest BCUT2D eigenvalue weighted by Crippen LogP contribution is 2.31. The molecule has 3 rings (SSSR count). The quantitative estimate of drug-likeness (QED) is 0.897. The smallest absolute Gasteiger partial charge is 0.251 e. The van der Waals surface area contributed by atoms with Crippen LogP contribution in [0.5, 0.6) is 0 Å². The minimum atomic E-state index is -0.243. The summed E-state index contributed by atoms with van der Waals surface area (Å²) in [5, 5.41) is 10.1. The molecule has 0 bridgehead atoms. The molecule has 2 aromatic rings. The molecule has 2 amide bonds. The van der Waals surface area contributed by atoms with Crippen molar-refractivity contribution in [2.24, 2.45) is 7.05 Å². The van der Waals surface area contributed by atoms with Gasteiger partial charge in [-0.1, -0.05) is 18.2 Å². The van der Waals surface area contributed by atoms with Crippen molar-refractivity contribution in [3.05, 3.63) is 52.8 Å². The number of aromatic nitrogens is 2. The van der Waals surface area contributed by atoms with Crippen molar-refractivity contribution in [2.75, 3.05) is 6.54 Å². The Hall–Kier alpha value is -2.63. The molecule has 1 aliphatic carbocycles. The minimum Gasteiger partial charge on any atom is -0.348 e. The maximum absolute atomic E-state index is 12.2. The highest BCUT2D eigenvalue weighted by Gasteiger charge is 2.27. The number of nitrogens with one attached hydrogen (secondary N) is 2. The minimum absolute atomic E-state index is 0.0245. The third-order valence-corrected chi connectivity index (χ3v) is 4.43. The second-order valence-corrected chi connectivity index (χ2v) is 6.13. The van der Waals surface area contributed by atoms with E-state index in [4.69, 9.17) is 0 Å². The number of rotatable bonds is 4. The summed E-state index contributed by atoms with van der Waals surface area (Å²) in [7, 11) is 1.94. The van der Waals surface area contributed by atoms with E-state index in [1.807, 2.05) is 24.7 Å². The van der Waals surface area contributed by atoms with Crippen LogP contribution in [0.15, 0.2) is 30.3 Å². The zero-order valence-electron chi connectivity index (χ0n) is 14.0. The van der Waals surface area contributed by atoms with Crippen LogP contribution >= 0.6 is 0 Å². The number of amides is 2. The number of nitrogens with zero attached hydrogens (tertiary/aromatic N) is 2. The van der Waals surface area contributed by atoms with Gasteiger partial charge in [-0.2, -0.15) is 5.10 Å². The molecule has 1 heterocycles. The number of fused-ring (bicyclic) bond motifs is 1. The first-order valence-corrected chi connectivity index (χ1v) is 8.21. The molecular weight excluding hydrogens is 304 g/mol. The molecule has 0 aliphatic heterocycles. The van der Waals surface area contributed by atoms with E-state index in [0.717, 1.165) is 30.5 Å². The highest BCUT2D eigenvalue weighted by atomic mass is 16.2. The third-order valence-electron chi connectivity index (χ3n) is 4.43. The fraction of sp³-hybridized carbons (Fsp3) is 0.389. The van der Waals surface area contributed by atoms with Gasteiger partial charge in [0.1, 0.15) is 0 Å². The van der Waals surface area contributed by atoms with Crippen molar-refractivity contribution in [3.8, 4) is 0 Å². The molecule has 126 valence electrons. The molecule has 0 saturated heterocycles. The van der Waals surface area contributed by atoms with Crippen molar-refractivity contribution < 1.29 is 9.59 Å². The van der Waals surface area contributed by atoms with Crippen molar-refractivity contribution in [3.63, 3.8) is 0 Å². The lowest BCUT2D eigenvalue weighted by Crippen LogP contribution is -2.39. The molecule has 6 heteroatoms. The molecule has 6 nitrogen and oxygen atoms in total. The standard InChI is InChI=1S/C18H22N4O2/c1-12-17-14(9-6-10-15(17)22(2)21-12)20-16(23)11-19-18(24)13-7-4-3-5-8-13/h3-5,7-8,14H,6,9-11H2,1-2H3,(H,19,24)(H,20,23). The Morgan fingerprint density at radius 2 is 2.04 bits per heavy atom. The zero-order chi connectivity index (χ0) is 17.1. The molecule has 2 N–H and O–H groups in total. The average molecular weight is 326 g/mol. The Balaban J connectivity index is 1.59. The second-order valence-electron chi connectivity index (χ2n) is 6.13. The topological polar surface area (TPSA) is 76.0 Å². The van der Waals surface area contributed by atoms with Gasteiger partial charge in [0.05, 0.1) is 18.3 Å². The first-order valence-electron chi connectivity index (χ1n) is 8.21. The largest absolute Gasteiger partial charge is 0.348 e. The number of hydrogen-bond acceptors (Lipinski definition) is 3. The lowest BCUT2D eigenvalue weighted by atomic mass is 9.91. The van der Waals surface area contributed by atoms with Crippen LogP contribution in [0.1, 0.15) is 46.2 Å². The van der Waals surface area contributed by atoms with Gasteiger partial charge in [0, 0.05) is 23.9 Å². The van der Waals surface area contributed by atoms with E-state index in [9.17, 15) is 9.59 Å². The summed E-state index contributed by atoms with van der Waals surface area (Å²) < 4.78 is 1.90. The van der Waals surface area contributed by atoms with Gasteiger partial charge in [-0.25, -0.2) is 0 Å². The first-order chi connectivity index (χ1) is 11.6. The molecule has 1 aromatic heterocycles. The van der Waals surface area contributed by atoms with Crippen LogP contribution in [-0.4, -0.2) is 28.1 Å². The van der Waals surface area contributed by atoms with E-state index in [2.05, 4.69) is 15.7 Å². The third kappa shape index (κ3) is 3.32. The zero-order valence-corrected chi connectivity index (χ0v) is 14.0. The lowest BCUT2D eigenvalue weighted by Gasteiger charge is -2.24. The first kappa shape index (κ1) is 16.2. The number of carbonyl (C=O) groups is 2. The number of aryl methyl sites for hydroxylation is 2. The van der Waals surface area contributed by atoms with Crippen molar-refractivity contribution in [1.29, 1.82) is 0 Å². The molecular formula is C18H22N4O2. The average Bonchev–Trinajstić information content (AvgIpc) is 2.89. The summed E-state index contributed by atoms with van der Waals surface area (Å²) in [6.45, 7) is 1.94. The van der Waals surface area contributed by atoms with Gasteiger partial charge in [0.25, 0.3) is 5.91 Å². The summed E-state index contributed by atoms with van der Waals surface area (Å²) in [6, 6.07) is 8.86. The summed E-state index contributed by atoms with van der Waals surface area (Å²) in [5.74, 6) is -0.423. The predicted molar refractivity (Wildman–Crippen MR) is 90.5 cm³/mol. The van der Waals surface area contributed by atoms with Crippen LogP contribution in [0, 0.1) is 6.92 Å². The maximum Gasteiger partial charge on any atom is 0.251 e. The Bertz CT molecular complexity index is 752. The molecule has 1 aliphatic rings. The molecule has 0 fully saturated rings. The van der Waals surface area contributed by atoms with Crippen LogP contribution in [0.4, 0.5) is 0 Å². The van der Waals surface area contributed by atoms with E-state index in [1.165, 1.54) is 5.69 Å². The summed E-state index contributed by atoms with van der Waals surface area (Å²) in [5.41, 5.74) is 3.84. The highest BCUT2D eigenvalue weighted by molar-refractivity contribution is 5.96. The number of carbonyl (C=O) groups excluding carboxylic acids is 2. The Kier molecular flexibility index (Phi) is 4.64. The van der Waals surface area contributed by atoms with Gasteiger partial charge in [-0.3, -0.25) is 14.3 Å². The normalized spacial score (nSPS) is 16.3. The summed E-state index contributed by atoms with van der Waals surface area (Å²) >= 11 is 0. The molecule has 0 spiro atoms. The number of hydrogen-bond donors (Lipinski definition) is 2. The molecule has 24 heavy (non-hydrogen) atoms. The van der Waals surface area contributed by atoms with Crippen LogP contribution in [0.25, 0.3) is 0 Å². The van der Waals surface area contributed by atoms with Gasteiger partial charge < -0.3 is 10.6 Å². The molecule has 0 saturated carbocycles. The fourth-order valence-electron chi connectivity index (χ4n) is 3.33. The Morgan fingerprint density at radius 1 is 1.29 bits per heavy atom. The fourth-order valence-corrected chi connectivity index (χ4v) is 3.33. The van der Waals surface area contributed by atoms with Gasteiger partial charge in [0.2, 0.25) is 5.91 Å². The van der Waals surface area contributed by atoms with Crippen molar-refractivity contribution >= 4 is 11.8 Å². The van der Waals surface area contributed by atoms with Gasteiger partial charge in [-0.05, 0) is 38.3 Å². The summed E-state index contributed by atoms with van der Waals surface area (Å²) in [4.78, 5) is 24.2. The maximum atomic E-state index is 12.2. The van der Waals surface area contributed by atoms with Gasteiger partial charge >= 0.3 is 0 Å². The van der Waals surface area contributed by atoms with Gasteiger partial charge in [-0.15, -0.1) is 0 Å². The van der Waals surface area contributed by atoms with E-state index < -0.39 is 0 Å². The molecule has 1 unspecified atom stereocenters.